The quantitative estimate of drug-likeness (QED) is 0.913. The highest BCUT2D eigenvalue weighted by atomic mass is 16.5. The van der Waals surface area contributed by atoms with Crippen LogP contribution >= 0.6 is 0 Å². The smallest absolute Gasteiger partial charge is 0.213 e. The summed E-state index contributed by atoms with van der Waals surface area (Å²) in [5.74, 6) is 1.76. The van der Waals surface area contributed by atoms with E-state index in [9.17, 15) is 0 Å². The maximum Gasteiger partial charge on any atom is 0.213 e. The van der Waals surface area contributed by atoms with Crippen LogP contribution in [-0.2, 0) is 0 Å². The number of pyridine rings is 1. The summed E-state index contributed by atoms with van der Waals surface area (Å²) in [6.45, 7) is 4.25. The molecule has 0 unspecified atom stereocenters. The molecular formula is C14H18N4O. The molecule has 0 saturated heterocycles. The lowest BCUT2D eigenvalue weighted by Crippen LogP contribution is -2.04. The van der Waals surface area contributed by atoms with Gasteiger partial charge in [0.2, 0.25) is 5.88 Å². The molecule has 2 aromatic rings. The Morgan fingerprint density at radius 3 is 2.63 bits per heavy atom. The van der Waals surface area contributed by atoms with Gasteiger partial charge in [0.1, 0.15) is 12.1 Å². The first-order valence-electron chi connectivity index (χ1n) is 6.20. The van der Waals surface area contributed by atoms with Crippen LogP contribution in [0.2, 0.25) is 0 Å². The van der Waals surface area contributed by atoms with Gasteiger partial charge in [0.25, 0.3) is 0 Å². The van der Waals surface area contributed by atoms with Crippen molar-refractivity contribution in [3.63, 3.8) is 0 Å². The first kappa shape index (κ1) is 13.3. The van der Waals surface area contributed by atoms with E-state index >= 15 is 0 Å². The number of nitrogens with one attached hydrogen (secondary N) is 1. The van der Waals surface area contributed by atoms with E-state index < -0.39 is 0 Å². The van der Waals surface area contributed by atoms with Crippen molar-refractivity contribution >= 4 is 5.82 Å². The second-order valence-electron chi connectivity index (χ2n) is 4.48. The van der Waals surface area contributed by atoms with E-state index in [1.54, 1.807) is 19.6 Å². The van der Waals surface area contributed by atoms with Crippen LogP contribution in [0.5, 0.6) is 5.88 Å². The molecule has 100 valence electrons. The second-order valence-corrected chi connectivity index (χ2v) is 4.48. The van der Waals surface area contributed by atoms with Gasteiger partial charge in [-0.3, -0.25) is 0 Å². The van der Waals surface area contributed by atoms with Crippen molar-refractivity contribution in [1.29, 1.82) is 0 Å². The van der Waals surface area contributed by atoms with Gasteiger partial charge in [-0.2, -0.15) is 0 Å². The second kappa shape index (κ2) is 5.65. The lowest BCUT2D eigenvalue weighted by molar-refractivity contribution is 0.398. The van der Waals surface area contributed by atoms with E-state index in [2.05, 4.69) is 34.1 Å². The van der Waals surface area contributed by atoms with Crippen molar-refractivity contribution in [2.45, 2.75) is 19.8 Å². The number of aromatic nitrogens is 3. The summed E-state index contributed by atoms with van der Waals surface area (Å²) in [6, 6.07) is 3.81. The first-order chi connectivity index (χ1) is 9.17. The maximum absolute atomic E-state index is 5.16. The van der Waals surface area contributed by atoms with Gasteiger partial charge in [0.15, 0.2) is 0 Å². The first-order valence-corrected chi connectivity index (χ1v) is 6.20. The zero-order valence-corrected chi connectivity index (χ0v) is 11.6. The monoisotopic (exact) mass is 258 g/mol. The van der Waals surface area contributed by atoms with Crippen LogP contribution in [-0.4, -0.2) is 29.1 Å². The molecule has 0 atom stereocenters. The molecule has 0 bridgehead atoms. The molecule has 0 fully saturated rings. The Morgan fingerprint density at radius 1 is 1.21 bits per heavy atom. The number of nitrogens with zero attached hydrogens (tertiary/aromatic N) is 3. The summed E-state index contributed by atoms with van der Waals surface area (Å²) in [7, 11) is 3.47. The third-order valence-electron chi connectivity index (χ3n) is 2.92. The standard InChI is InChI=1S/C14H18N4O/c1-9(2)12-13(17-8-18-14(12)15-3)10-5-6-16-11(7-10)19-4/h5-9H,1-4H3,(H,15,17,18). The van der Waals surface area contributed by atoms with Crippen LogP contribution in [0.15, 0.2) is 24.7 Å². The highest BCUT2D eigenvalue weighted by Crippen LogP contribution is 2.32. The van der Waals surface area contributed by atoms with Crippen LogP contribution in [0.3, 0.4) is 0 Å². The van der Waals surface area contributed by atoms with Crippen molar-refractivity contribution in [2.75, 3.05) is 19.5 Å². The molecule has 0 radical (unpaired) electrons. The Bertz CT molecular complexity index is 569. The van der Waals surface area contributed by atoms with Crippen molar-refractivity contribution in [2.24, 2.45) is 0 Å². The lowest BCUT2D eigenvalue weighted by Gasteiger charge is -2.15. The molecular weight excluding hydrogens is 240 g/mol. The molecule has 2 rings (SSSR count). The van der Waals surface area contributed by atoms with Gasteiger partial charge in [0.05, 0.1) is 12.8 Å². The predicted octanol–water partition coefficient (Wildman–Crippen LogP) is 2.71. The topological polar surface area (TPSA) is 59.9 Å². The molecule has 0 saturated carbocycles. The molecule has 5 heteroatoms. The molecule has 19 heavy (non-hydrogen) atoms. The minimum Gasteiger partial charge on any atom is -0.481 e. The van der Waals surface area contributed by atoms with E-state index in [4.69, 9.17) is 4.74 Å². The molecule has 1 N–H and O–H groups in total. The molecule has 0 aliphatic heterocycles. The predicted molar refractivity (Wildman–Crippen MR) is 75.5 cm³/mol. The van der Waals surface area contributed by atoms with E-state index in [1.165, 1.54) is 0 Å². The van der Waals surface area contributed by atoms with E-state index in [1.807, 2.05) is 19.2 Å². The average molecular weight is 258 g/mol. The zero-order chi connectivity index (χ0) is 13.8. The van der Waals surface area contributed by atoms with Gasteiger partial charge in [-0.05, 0) is 12.0 Å². The Labute approximate surface area is 113 Å². The summed E-state index contributed by atoms with van der Waals surface area (Å²) < 4.78 is 5.16. The van der Waals surface area contributed by atoms with Crippen molar-refractivity contribution < 1.29 is 4.74 Å². The summed E-state index contributed by atoms with van der Waals surface area (Å²) in [5.41, 5.74) is 2.99. The highest BCUT2D eigenvalue weighted by Gasteiger charge is 2.16. The Hall–Kier alpha value is -2.17. The van der Waals surface area contributed by atoms with Gasteiger partial charge in [0, 0.05) is 30.4 Å². The van der Waals surface area contributed by atoms with Crippen molar-refractivity contribution in [3.8, 4) is 17.1 Å². The third kappa shape index (κ3) is 2.65. The SMILES string of the molecule is CNc1ncnc(-c2ccnc(OC)c2)c1C(C)C. The zero-order valence-electron chi connectivity index (χ0n) is 11.6. The Kier molecular flexibility index (Phi) is 3.94. The molecule has 0 aliphatic carbocycles. The Morgan fingerprint density at radius 2 is 2.00 bits per heavy atom. The van der Waals surface area contributed by atoms with Gasteiger partial charge in [-0.1, -0.05) is 13.8 Å². The number of rotatable bonds is 4. The summed E-state index contributed by atoms with van der Waals surface area (Å²) >= 11 is 0. The minimum atomic E-state index is 0.317. The summed E-state index contributed by atoms with van der Waals surface area (Å²) in [4.78, 5) is 12.8. The van der Waals surface area contributed by atoms with Crippen molar-refractivity contribution in [1.82, 2.24) is 15.0 Å². The fourth-order valence-electron chi connectivity index (χ4n) is 2.04. The van der Waals surface area contributed by atoms with Crippen LogP contribution in [0.4, 0.5) is 5.82 Å². The molecule has 0 amide bonds. The van der Waals surface area contributed by atoms with Crippen LogP contribution < -0.4 is 10.1 Å². The largest absolute Gasteiger partial charge is 0.481 e. The van der Waals surface area contributed by atoms with Crippen LogP contribution in [0, 0.1) is 0 Å². The summed E-state index contributed by atoms with van der Waals surface area (Å²) in [5, 5.41) is 3.12. The number of ether oxygens (including phenoxy) is 1. The molecule has 0 aliphatic rings. The average Bonchev–Trinajstić information content (AvgIpc) is 2.46. The molecule has 5 nitrogen and oxygen atoms in total. The van der Waals surface area contributed by atoms with Crippen LogP contribution in [0.25, 0.3) is 11.3 Å². The number of anilines is 1. The normalized spacial score (nSPS) is 10.6. The van der Waals surface area contributed by atoms with Gasteiger partial charge >= 0.3 is 0 Å². The number of hydrogen-bond donors (Lipinski definition) is 1. The minimum absolute atomic E-state index is 0.317. The molecule has 2 aromatic heterocycles. The van der Waals surface area contributed by atoms with E-state index in [-0.39, 0.29) is 0 Å². The van der Waals surface area contributed by atoms with Gasteiger partial charge in [-0.15, -0.1) is 0 Å². The van der Waals surface area contributed by atoms with Gasteiger partial charge in [-0.25, -0.2) is 15.0 Å². The van der Waals surface area contributed by atoms with E-state index in [0.717, 1.165) is 22.6 Å². The fraction of sp³-hybridized carbons (Fsp3) is 0.357. The van der Waals surface area contributed by atoms with Crippen molar-refractivity contribution in [3.05, 3.63) is 30.2 Å². The molecule has 2 heterocycles. The van der Waals surface area contributed by atoms with Crippen LogP contribution in [0.1, 0.15) is 25.3 Å². The molecule has 0 aromatic carbocycles. The third-order valence-corrected chi connectivity index (χ3v) is 2.92. The highest BCUT2D eigenvalue weighted by molar-refractivity contribution is 5.69. The maximum atomic E-state index is 5.16. The lowest BCUT2D eigenvalue weighted by atomic mass is 9.98. The fourth-order valence-corrected chi connectivity index (χ4v) is 2.04. The Balaban J connectivity index is 2.60. The summed E-state index contributed by atoms with van der Waals surface area (Å²) in [6.07, 6.45) is 3.29. The number of hydrogen-bond acceptors (Lipinski definition) is 5. The molecule has 0 spiro atoms. The van der Waals surface area contributed by atoms with Gasteiger partial charge < -0.3 is 10.1 Å². The van der Waals surface area contributed by atoms with E-state index in [0.29, 0.717) is 11.8 Å². The number of methoxy groups -OCH3 is 1.